The molecule has 7 nitrogen and oxygen atoms in total. The highest BCUT2D eigenvalue weighted by molar-refractivity contribution is 7.92. The maximum absolute atomic E-state index is 12.9. The molecule has 0 radical (unpaired) electrons. The first kappa shape index (κ1) is 21.6. The average Bonchev–Trinajstić information content (AvgIpc) is 2.77. The van der Waals surface area contributed by atoms with Crippen LogP contribution in [0.25, 0.3) is 0 Å². The van der Waals surface area contributed by atoms with Gasteiger partial charge in [0.2, 0.25) is 10.0 Å². The van der Waals surface area contributed by atoms with Crippen molar-refractivity contribution in [3.63, 3.8) is 0 Å². The molecule has 0 unspecified atom stereocenters. The minimum absolute atomic E-state index is 0.0445. The molecule has 0 saturated carbocycles. The zero-order chi connectivity index (χ0) is 21.8. The van der Waals surface area contributed by atoms with Gasteiger partial charge in [-0.2, -0.15) is 0 Å². The van der Waals surface area contributed by atoms with Gasteiger partial charge in [-0.1, -0.05) is 42.8 Å². The molecule has 2 heterocycles. The van der Waals surface area contributed by atoms with E-state index in [9.17, 15) is 13.2 Å². The fourth-order valence-electron chi connectivity index (χ4n) is 4.19. The van der Waals surface area contributed by atoms with E-state index in [-0.39, 0.29) is 12.5 Å². The molecule has 166 valence electrons. The Kier molecular flexibility index (Phi) is 6.48. The highest BCUT2D eigenvalue weighted by Gasteiger charge is 2.34. The van der Waals surface area contributed by atoms with Crippen molar-refractivity contribution in [3.8, 4) is 5.75 Å². The number of hydrogen-bond acceptors (Lipinski definition) is 5. The number of hydrogen-bond donors (Lipinski definition) is 1. The summed E-state index contributed by atoms with van der Waals surface area (Å²) in [6.45, 7) is 3.43. The van der Waals surface area contributed by atoms with E-state index < -0.39 is 16.1 Å². The van der Waals surface area contributed by atoms with Crippen LogP contribution < -0.4 is 14.4 Å². The average molecular weight is 444 g/mol. The van der Waals surface area contributed by atoms with E-state index in [4.69, 9.17) is 4.74 Å². The molecule has 1 amide bonds. The molecule has 1 saturated heterocycles. The van der Waals surface area contributed by atoms with E-state index in [0.29, 0.717) is 18.0 Å². The number of rotatable bonds is 6. The van der Waals surface area contributed by atoms with Crippen LogP contribution in [0, 0.1) is 0 Å². The van der Waals surface area contributed by atoms with Crippen molar-refractivity contribution in [1.82, 2.24) is 10.2 Å². The molecule has 2 aliphatic heterocycles. The molecule has 0 spiro atoms. The molecule has 0 bridgehead atoms. The van der Waals surface area contributed by atoms with Crippen LogP contribution in [0.3, 0.4) is 0 Å². The van der Waals surface area contributed by atoms with Gasteiger partial charge in [0.15, 0.2) is 6.10 Å². The second-order valence-corrected chi connectivity index (χ2v) is 10.1. The third-order valence-electron chi connectivity index (χ3n) is 5.84. The number of carbonyl (C=O) groups excluding carboxylic acids is 1. The molecule has 0 aromatic heterocycles. The summed E-state index contributed by atoms with van der Waals surface area (Å²) in [6.07, 6.45) is 4.00. The lowest BCUT2D eigenvalue weighted by atomic mass is 10.0. The normalized spacial score (nSPS) is 19.4. The second kappa shape index (κ2) is 9.28. The Morgan fingerprint density at radius 1 is 1.03 bits per heavy atom. The van der Waals surface area contributed by atoms with Crippen molar-refractivity contribution < 1.29 is 17.9 Å². The van der Waals surface area contributed by atoms with Gasteiger partial charge in [0, 0.05) is 13.1 Å². The van der Waals surface area contributed by atoms with Gasteiger partial charge in [-0.15, -0.1) is 0 Å². The number of anilines is 1. The first-order valence-electron chi connectivity index (χ1n) is 10.7. The molecule has 1 N–H and O–H groups in total. The van der Waals surface area contributed by atoms with E-state index in [1.165, 1.54) is 29.1 Å². The number of nitrogens with zero attached hydrogens (tertiary/aromatic N) is 2. The first-order chi connectivity index (χ1) is 14.9. The minimum Gasteiger partial charge on any atom is -0.476 e. The van der Waals surface area contributed by atoms with E-state index in [2.05, 4.69) is 16.3 Å². The Labute approximate surface area is 184 Å². The zero-order valence-electron chi connectivity index (χ0n) is 17.8. The minimum atomic E-state index is -3.53. The Morgan fingerprint density at radius 3 is 2.45 bits per heavy atom. The number of likely N-dealkylation sites (tertiary alicyclic amines) is 1. The number of carbonyl (C=O) groups is 1. The number of piperidine rings is 1. The fourth-order valence-corrected chi connectivity index (χ4v) is 5.11. The maximum atomic E-state index is 12.9. The summed E-state index contributed by atoms with van der Waals surface area (Å²) in [5, 5.41) is 2.95. The van der Waals surface area contributed by atoms with Crippen molar-refractivity contribution in [3.05, 3.63) is 59.7 Å². The smallest absolute Gasteiger partial charge is 0.263 e. The lowest BCUT2D eigenvalue weighted by molar-refractivity contribution is -0.127. The summed E-state index contributed by atoms with van der Waals surface area (Å²) in [7, 11) is -3.53. The molecule has 1 fully saturated rings. The quantitative estimate of drug-likeness (QED) is 0.742. The van der Waals surface area contributed by atoms with Gasteiger partial charge in [-0.3, -0.25) is 14.0 Å². The monoisotopic (exact) mass is 443 g/mol. The molecule has 31 heavy (non-hydrogen) atoms. The third kappa shape index (κ3) is 5.19. The van der Waals surface area contributed by atoms with E-state index in [1.54, 1.807) is 24.3 Å². The Morgan fingerprint density at radius 2 is 1.71 bits per heavy atom. The van der Waals surface area contributed by atoms with Gasteiger partial charge in [-0.05, 0) is 49.2 Å². The topological polar surface area (TPSA) is 79.0 Å². The van der Waals surface area contributed by atoms with Crippen molar-refractivity contribution in [2.75, 3.05) is 30.2 Å². The summed E-state index contributed by atoms with van der Waals surface area (Å²) < 4.78 is 31.6. The third-order valence-corrected chi connectivity index (χ3v) is 6.99. The second-order valence-electron chi connectivity index (χ2n) is 8.19. The highest BCUT2D eigenvalue weighted by atomic mass is 32.2. The van der Waals surface area contributed by atoms with E-state index >= 15 is 0 Å². The number of amides is 1. The first-order valence-corrected chi connectivity index (χ1v) is 12.6. The van der Waals surface area contributed by atoms with Crippen LogP contribution in [0.4, 0.5) is 5.69 Å². The number of sulfonamides is 1. The summed E-state index contributed by atoms with van der Waals surface area (Å²) in [4.78, 5) is 15.3. The molecule has 2 aromatic rings. The molecule has 1 atom stereocenters. The van der Waals surface area contributed by atoms with E-state index in [1.807, 2.05) is 18.2 Å². The van der Waals surface area contributed by atoms with Gasteiger partial charge < -0.3 is 10.1 Å². The van der Waals surface area contributed by atoms with Gasteiger partial charge >= 0.3 is 0 Å². The number of para-hydroxylation sites is 2. The van der Waals surface area contributed by atoms with Crippen molar-refractivity contribution >= 4 is 21.6 Å². The molecular formula is C23H29N3O4S. The predicted octanol–water partition coefficient (Wildman–Crippen LogP) is 2.52. The van der Waals surface area contributed by atoms with Crippen LogP contribution in [0.2, 0.25) is 0 Å². The number of fused-ring (bicyclic) bond motifs is 1. The van der Waals surface area contributed by atoms with Gasteiger partial charge in [0.1, 0.15) is 5.75 Å². The largest absolute Gasteiger partial charge is 0.476 e. The van der Waals surface area contributed by atoms with Gasteiger partial charge in [0.25, 0.3) is 5.91 Å². The summed E-state index contributed by atoms with van der Waals surface area (Å²) >= 11 is 0. The SMILES string of the molecule is CS(=O)(=O)N1C[C@H](C(=O)NCc2ccccc2CN2CCCCC2)Oc2ccccc21. The van der Waals surface area contributed by atoms with Crippen LogP contribution in [0.1, 0.15) is 30.4 Å². The fraction of sp³-hybridized carbons (Fsp3) is 0.435. The van der Waals surface area contributed by atoms with Gasteiger partial charge in [-0.25, -0.2) is 8.42 Å². The van der Waals surface area contributed by atoms with E-state index in [0.717, 1.165) is 31.5 Å². The number of benzene rings is 2. The Balaban J connectivity index is 1.44. The van der Waals surface area contributed by atoms with Crippen LogP contribution in [-0.2, 0) is 27.9 Å². The van der Waals surface area contributed by atoms with Crippen molar-refractivity contribution in [2.45, 2.75) is 38.5 Å². The highest BCUT2D eigenvalue weighted by Crippen LogP contribution is 2.34. The standard InChI is InChI=1S/C23H29N3O4S/c1-31(28,29)26-17-22(30-21-12-6-5-11-20(21)26)23(27)24-15-18-9-3-4-10-19(18)16-25-13-7-2-8-14-25/h3-6,9-12,22H,2,7-8,13-17H2,1H3,(H,24,27)/t22-/m1/s1. The Hall–Kier alpha value is -2.58. The maximum Gasteiger partial charge on any atom is 0.263 e. The van der Waals surface area contributed by atoms with Crippen LogP contribution in [-0.4, -0.2) is 51.2 Å². The molecule has 8 heteroatoms. The van der Waals surface area contributed by atoms with Crippen molar-refractivity contribution in [2.24, 2.45) is 0 Å². The number of ether oxygens (including phenoxy) is 1. The summed E-state index contributed by atoms with van der Waals surface area (Å²) in [5.74, 6) is 0.0701. The molecule has 4 rings (SSSR count). The number of nitrogens with one attached hydrogen (secondary N) is 1. The van der Waals surface area contributed by atoms with Gasteiger partial charge in [0.05, 0.1) is 18.5 Å². The van der Waals surface area contributed by atoms with Crippen LogP contribution in [0.5, 0.6) is 5.75 Å². The zero-order valence-corrected chi connectivity index (χ0v) is 18.6. The lowest BCUT2D eigenvalue weighted by Crippen LogP contribution is -2.50. The summed E-state index contributed by atoms with van der Waals surface area (Å²) in [5.41, 5.74) is 2.73. The van der Waals surface area contributed by atoms with Crippen LogP contribution >= 0.6 is 0 Å². The Bertz CT molecular complexity index is 1030. The van der Waals surface area contributed by atoms with Crippen molar-refractivity contribution in [1.29, 1.82) is 0 Å². The molecule has 2 aromatic carbocycles. The lowest BCUT2D eigenvalue weighted by Gasteiger charge is -2.34. The summed E-state index contributed by atoms with van der Waals surface area (Å²) in [6, 6.07) is 15.0. The van der Waals surface area contributed by atoms with Crippen LogP contribution in [0.15, 0.2) is 48.5 Å². The molecule has 0 aliphatic carbocycles. The molecular weight excluding hydrogens is 414 g/mol. The molecule has 2 aliphatic rings. The predicted molar refractivity (Wildman–Crippen MR) is 120 cm³/mol.